The zero-order valence-corrected chi connectivity index (χ0v) is 18.3. The van der Waals surface area contributed by atoms with Gasteiger partial charge in [0.05, 0.1) is 18.8 Å². The number of carbonyl (C=O) groups excluding carboxylic acids is 2. The van der Waals surface area contributed by atoms with Crippen LogP contribution in [0.2, 0.25) is 0 Å². The molecular weight excluding hydrogens is 416 g/mol. The van der Waals surface area contributed by atoms with Gasteiger partial charge in [0.25, 0.3) is 5.56 Å². The molecule has 32 heavy (non-hydrogen) atoms. The summed E-state index contributed by atoms with van der Waals surface area (Å²) in [6.45, 7) is 5.32. The lowest BCUT2D eigenvalue weighted by Crippen LogP contribution is -2.42. The van der Waals surface area contributed by atoms with Crippen LogP contribution < -0.4 is 21.3 Å². The van der Waals surface area contributed by atoms with E-state index in [1.807, 2.05) is 0 Å². The van der Waals surface area contributed by atoms with Gasteiger partial charge in [0, 0.05) is 24.5 Å². The molecule has 0 atom stereocenters. The molecule has 168 valence electrons. The third kappa shape index (κ3) is 4.39. The van der Waals surface area contributed by atoms with E-state index in [1.54, 1.807) is 20.8 Å². The fourth-order valence-electron chi connectivity index (χ4n) is 3.24. The van der Waals surface area contributed by atoms with Crippen molar-refractivity contribution < 1.29 is 19.1 Å². The molecule has 0 radical (unpaired) electrons. The van der Waals surface area contributed by atoms with Gasteiger partial charge in [-0.15, -0.1) is 0 Å². The highest BCUT2D eigenvalue weighted by Crippen LogP contribution is 2.24. The van der Waals surface area contributed by atoms with Crippen LogP contribution in [-0.4, -0.2) is 39.2 Å². The number of nitrogens with zero attached hydrogens (tertiary/aromatic N) is 3. The van der Waals surface area contributed by atoms with Crippen LogP contribution in [0.5, 0.6) is 5.75 Å². The van der Waals surface area contributed by atoms with Gasteiger partial charge in [-0.1, -0.05) is 0 Å². The van der Waals surface area contributed by atoms with Gasteiger partial charge in [-0.25, -0.2) is 19.1 Å². The highest BCUT2D eigenvalue weighted by Gasteiger charge is 2.19. The number of rotatable bonds is 7. The number of fused-ring (bicyclic) bond motifs is 1. The van der Waals surface area contributed by atoms with Gasteiger partial charge in [0.1, 0.15) is 17.7 Å². The van der Waals surface area contributed by atoms with E-state index < -0.39 is 29.7 Å². The summed E-state index contributed by atoms with van der Waals surface area (Å²) in [5.74, 6) is -0.710. The van der Waals surface area contributed by atoms with E-state index in [0.717, 1.165) is 4.57 Å². The number of ether oxygens (including phenoxy) is 2. The fourth-order valence-corrected chi connectivity index (χ4v) is 3.24. The molecule has 0 aliphatic carbocycles. The van der Waals surface area contributed by atoms with Crippen molar-refractivity contribution in [3.63, 3.8) is 0 Å². The fraction of sp³-hybridized carbons (Fsp3) is 0.318. The number of pyridine rings is 1. The maximum atomic E-state index is 13.1. The number of hydrogen-bond acceptors (Lipinski definition) is 7. The second kappa shape index (κ2) is 9.46. The molecular formula is C22H24N4O6. The zero-order chi connectivity index (χ0) is 23.4. The van der Waals surface area contributed by atoms with Crippen molar-refractivity contribution in [3.8, 4) is 5.75 Å². The van der Waals surface area contributed by atoms with Gasteiger partial charge in [-0.2, -0.15) is 0 Å². The van der Waals surface area contributed by atoms with Gasteiger partial charge in [-0.05, 0) is 45.0 Å². The minimum Gasteiger partial charge on any atom is -0.493 e. The average molecular weight is 440 g/mol. The maximum Gasteiger partial charge on any atom is 0.338 e. The van der Waals surface area contributed by atoms with Gasteiger partial charge >= 0.3 is 11.7 Å². The Morgan fingerprint density at radius 2 is 1.78 bits per heavy atom. The Morgan fingerprint density at radius 1 is 1.09 bits per heavy atom. The molecule has 1 amide bonds. The Hall–Kier alpha value is -3.95. The molecule has 10 heteroatoms. The second-order valence-electron chi connectivity index (χ2n) is 6.98. The number of amides is 1. The number of nitrogens with one attached hydrogen (secondary N) is 1. The number of hydrogen-bond donors (Lipinski definition) is 1. The van der Waals surface area contributed by atoms with Crippen molar-refractivity contribution in [1.82, 2.24) is 14.1 Å². The summed E-state index contributed by atoms with van der Waals surface area (Å²) in [5, 5.41) is 2.76. The summed E-state index contributed by atoms with van der Waals surface area (Å²) >= 11 is 0. The number of aromatic nitrogens is 3. The third-order valence-electron chi connectivity index (χ3n) is 4.75. The summed E-state index contributed by atoms with van der Waals surface area (Å²) in [5.41, 5.74) is 0.245. The Balaban J connectivity index is 1.92. The van der Waals surface area contributed by atoms with Crippen molar-refractivity contribution in [3.05, 3.63) is 62.4 Å². The van der Waals surface area contributed by atoms with E-state index >= 15 is 0 Å². The van der Waals surface area contributed by atoms with Crippen LogP contribution in [0.3, 0.4) is 0 Å². The van der Waals surface area contributed by atoms with Crippen LogP contribution in [-0.2, 0) is 23.1 Å². The van der Waals surface area contributed by atoms with Gasteiger partial charge in [-0.3, -0.25) is 14.2 Å². The maximum absolute atomic E-state index is 13.1. The molecule has 3 aromatic rings. The standard InChI is InChI=1S/C22H24N4O6/c1-5-31-18-13(3)11-23-19-17(18)20(28)26(22(30)25(19)4)12-16(27)24-15-9-7-14(8-10-15)21(29)32-6-2/h7-11H,5-6,12H2,1-4H3,(H,24,27). The molecule has 10 nitrogen and oxygen atoms in total. The van der Waals surface area contributed by atoms with Crippen LogP contribution in [0.25, 0.3) is 11.0 Å². The van der Waals surface area contributed by atoms with Crippen molar-refractivity contribution in [2.45, 2.75) is 27.3 Å². The normalized spacial score (nSPS) is 10.8. The SMILES string of the molecule is CCOC(=O)c1ccc(NC(=O)Cn2c(=O)c3c(OCC)c(C)cnc3n(C)c2=O)cc1. The minimum absolute atomic E-state index is 0.139. The summed E-state index contributed by atoms with van der Waals surface area (Å²) < 4.78 is 12.6. The molecule has 0 spiro atoms. The largest absolute Gasteiger partial charge is 0.493 e. The van der Waals surface area contributed by atoms with Crippen LogP contribution in [0.1, 0.15) is 29.8 Å². The predicted octanol–water partition coefficient (Wildman–Crippen LogP) is 1.62. The van der Waals surface area contributed by atoms with Gasteiger partial charge < -0.3 is 14.8 Å². The van der Waals surface area contributed by atoms with Crippen molar-refractivity contribution in [2.75, 3.05) is 18.5 Å². The van der Waals surface area contributed by atoms with Crippen molar-refractivity contribution >= 4 is 28.6 Å². The molecule has 0 aliphatic rings. The lowest BCUT2D eigenvalue weighted by molar-refractivity contribution is -0.116. The zero-order valence-electron chi connectivity index (χ0n) is 18.3. The summed E-state index contributed by atoms with van der Waals surface area (Å²) in [6.07, 6.45) is 1.53. The number of esters is 1. The summed E-state index contributed by atoms with van der Waals surface area (Å²) in [4.78, 5) is 54.4. The van der Waals surface area contributed by atoms with Crippen LogP contribution in [0, 0.1) is 6.92 Å². The number of benzene rings is 1. The Labute approximate surface area is 183 Å². The molecule has 0 unspecified atom stereocenters. The van der Waals surface area contributed by atoms with Crippen molar-refractivity contribution in [2.24, 2.45) is 7.05 Å². The number of anilines is 1. The number of carbonyl (C=O) groups is 2. The molecule has 1 aromatic carbocycles. The highest BCUT2D eigenvalue weighted by atomic mass is 16.5. The molecule has 1 N–H and O–H groups in total. The van der Waals surface area contributed by atoms with Crippen LogP contribution >= 0.6 is 0 Å². The first-order valence-electron chi connectivity index (χ1n) is 10.1. The smallest absolute Gasteiger partial charge is 0.338 e. The Morgan fingerprint density at radius 3 is 2.41 bits per heavy atom. The van der Waals surface area contributed by atoms with Crippen molar-refractivity contribution in [1.29, 1.82) is 0 Å². The molecule has 0 fully saturated rings. The van der Waals surface area contributed by atoms with E-state index in [2.05, 4.69) is 10.3 Å². The summed E-state index contributed by atoms with van der Waals surface area (Å²) in [6, 6.07) is 6.09. The van der Waals surface area contributed by atoms with Crippen LogP contribution in [0.15, 0.2) is 40.1 Å². The molecule has 3 rings (SSSR count). The Bertz CT molecular complexity index is 1290. The first-order chi connectivity index (χ1) is 15.3. The van der Waals surface area contributed by atoms with E-state index in [9.17, 15) is 19.2 Å². The molecule has 2 heterocycles. The van der Waals surface area contributed by atoms with Gasteiger partial charge in [0.15, 0.2) is 5.65 Å². The molecule has 0 saturated heterocycles. The van der Waals surface area contributed by atoms with E-state index in [0.29, 0.717) is 29.2 Å². The minimum atomic E-state index is -0.672. The predicted molar refractivity (Wildman–Crippen MR) is 118 cm³/mol. The third-order valence-corrected chi connectivity index (χ3v) is 4.75. The quantitative estimate of drug-likeness (QED) is 0.554. The molecule has 0 saturated carbocycles. The van der Waals surface area contributed by atoms with E-state index in [-0.39, 0.29) is 17.6 Å². The molecule has 2 aromatic heterocycles. The molecule has 0 bridgehead atoms. The topological polar surface area (TPSA) is 122 Å². The lowest BCUT2D eigenvalue weighted by atomic mass is 10.2. The van der Waals surface area contributed by atoms with Crippen LogP contribution in [0.4, 0.5) is 5.69 Å². The average Bonchev–Trinajstić information content (AvgIpc) is 2.77. The van der Waals surface area contributed by atoms with E-state index in [4.69, 9.17) is 9.47 Å². The Kier molecular flexibility index (Phi) is 6.72. The lowest BCUT2D eigenvalue weighted by Gasteiger charge is -2.14. The monoisotopic (exact) mass is 440 g/mol. The first-order valence-corrected chi connectivity index (χ1v) is 10.1. The van der Waals surface area contributed by atoms with E-state index in [1.165, 1.54) is 42.1 Å². The van der Waals surface area contributed by atoms with Gasteiger partial charge in [0.2, 0.25) is 5.91 Å². The highest BCUT2D eigenvalue weighted by molar-refractivity contribution is 5.93. The summed E-state index contributed by atoms with van der Waals surface area (Å²) in [7, 11) is 1.48. The first kappa shape index (κ1) is 22.7. The number of aryl methyl sites for hydroxylation is 2. The molecule has 0 aliphatic heterocycles. The second-order valence-corrected chi connectivity index (χ2v) is 6.98.